The predicted molar refractivity (Wildman–Crippen MR) is 111 cm³/mol. The number of halogens is 2. The molecule has 3 aromatic rings. The van der Waals surface area contributed by atoms with Crippen molar-refractivity contribution >= 4 is 29.1 Å². The first-order chi connectivity index (χ1) is 13.5. The second kappa shape index (κ2) is 9.62. The second-order valence-electron chi connectivity index (χ2n) is 6.45. The Kier molecular flexibility index (Phi) is 6.95. The summed E-state index contributed by atoms with van der Waals surface area (Å²) in [4.78, 5) is 12.2. The lowest BCUT2D eigenvalue weighted by molar-refractivity contribution is 0.0952. The molecule has 1 N–H and O–H groups in total. The zero-order chi connectivity index (χ0) is 19.9. The molecule has 1 amide bonds. The van der Waals surface area contributed by atoms with Crippen molar-refractivity contribution in [1.82, 2.24) is 15.1 Å². The van der Waals surface area contributed by atoms with E-state index in [2.05, 4.69) is 10.4 Å². The van der Waals surface area contributed by atoms with Crippen LogP contribution >= 0.6 is 23.2 Å². The zero-order valence-electron chi connectivity index (χ0n) is 15.5. The molecule has 0 spiro atoms. The molecule has 0 fully saturated rings. The second-order valence-corrected chi connectivity index (χ2v) is 7.29. The molecule has 28 heavy (non-hydrogen) atoms. The molecule has 0 aliphatic carbocycles. The molecule has 0 aliphatic heterocycles. The number of benzene rings is 2. The highest BCUT2D eigenvalue weighted by molar-refractivity contribution is 6.32. The fraction of sp³-hybridized carbons (Fsp3) is 0.238. The van der Waals surface area contributed by atoms with E-state index in [0.717, 1.165) is 17.5 Å². The molecular formula is C21H21Cl2N3O2. The Morgan fingerprint density at radius 1 is 1.18 bits per heavy atom. The van der Waals surface area contributed by atoms with E-state index in [1.165, 1.54) is 0 Å². The van der Waals surface area contributed by atoms with Crippen LogP contribution in [-0.2, 0) is 13.2 Å². The number of hydrogen-bond donors (Lipinski definition) is 1. The summed E-state index contributed by atoms with van der Waals surface area (Å²) in [6.07, 6.45) is 4.12. The number of nitrogens with one attached hydrogen (secondary N) is 1. The number of nitrogens with zero attached hydrogens (tertiary/aromatic N) is 2. The van der Waals surface area contributed by atoms with E-state index in [4.69, 9.17) is 27.9 Å². The van der Waals surface area contributed by atoms with Crippen molar-refractivity contribution in [3.8, 4) is 5.75 Å². The number of ether oxygens (including phenoxy) is 1. The number of rotatable bonds is 8. The summed E-state index contributed by atoms with van der Waals surface area (Å²) >= 11 is 12.0. The van der Waals surface area contributed by atoms with Crippen molar-refractivity contribution in [2.24, 2.45) is 0 Å². The highest BCUT2D eigenvalue weighted by Crippen LogP contribution is 2.26. The van der Waals surface area contributed by atoms with Gasteiger partial charge in [0, 0.05) is 24.8 Å². The number of carbonyl (C=O) groups excluding carboxylic acids is 1. The third kappa shape index (κ3) is 5.75. The Morgan fingerprint density at radius 2 is 1.96 bits per heavy atom. The minimum Gasteiger partial charge on any atom is -0.487 e. The lowest BCUT2D eigenvalue weighted by Gasteiger charge is -2.10. The Balaban J connectivity index is 1.45. The monoisotopic (exact) mass is 417 g/mol. The van der Waals surface area contributed by atoms with Crippen LogP contribution < -0.4 is 10.1 Å². The molecule has 7 heteroatoms. The van der Waals surface area contributed by atoms with Crippen LogP contribution in [0.5, 0.6) is 5.75 Å². The summed E-state index contributed by atoms with van der Waals surface area (Å²) in [5.74, 6) is 0.551. The SMILES string of the molecule is Cc1ccc(Cl)c(OCc2ccc(C(=O)NCCCn3cc(Cl)cn3)cc2)c1. The molecule has 0 saturated carbocycles. The summed E-state index contributed by atoms with van der Waals surface area (Å²) in [7, 11) is 0. The van der Waals surface area contributed by atoms with Gasteiger partial charge < -0.3 is 10.1 Å². The van der Waals surface area contributed by atoms with Crippen molar-refractivity contribution in [3.05, 3.63) is 81.6 Å². The summed E-state index contributed by atoms with van der Waals surface area (Å²) < 4.78 is 7.53. The van der Waals surface area contributed by atoms with Crippen molar-refractivity contribution in [2.45, 2.75) is 26.5 Å². The molecule has 0 unspecified atom stereocenters. The van der Waals surface area contributed by atoms with Crippen LogP contribution in [0.2, 0.25) is 10.0 Å². The maximum absolute atomic E-state index is 12.2. The van der Waals surface area contributed by atoms with E-state index in [9.17, 15) is 4.79 Å². The van der Waals surface area contributed by atoms with E-state index in [1.807, 2.05) is 37.3 Å². The first-order valence-electron chi connectivity index (χ1n) is 8.95. The quantitative estimate of drug-likeness (QED) is 0.530. The predicted octanol–water partition coefficient (Wildman–Crippen LogP) is 4.90. The molecule has 0 radical (unpaired) electrons. The van der Waals surface area contributed by atoms with Gasteiger partial charge in [0.15, 0.2) is 0 Å². The molecular weight excluding hydrogens is 397 g/mol. The van der Waals surface area contributed by atoms with Gasteiger partial charge >= 0.3 is 0 Å². The topological polar surface area (TPSA) is 56.1 Å². The fourth-order valence-corrected chi connectivity index (χ4v) is 2.97. The number of carbonyl (C=O) groups is 1. The normalized spacial score (nSPS) is 10.7. The molecule has 1 heterocycles. The lowest BCUT2D eigenvalue weighted by atomic mass is 10.1. The van der Waals surface area contributed by atoms with E-state index in [-0.39, 0.29) is 5.91 Å². The lowest BCUT2D eigenvalue weighted by Crippen LogP contribution is -2.25. The third-order valence-corrected chi connectivity index (χ3v) is 4.66. The molecule has 2 aromatic carbocycles. The summed E-state index contributed by atoms with van der Waals surface area (Å²) in [6, 6.07) is 13.0. The van der Waals surface area contributed by atoms with Gasteiger partial charge in [-0.05, 0) is 48.7 Å². The fourth-order valence-electron chi connectivity index (χ4n) is 2.64. The number of amides is 1. The molecule has 0 aliphatic rings. The van der Waals surface area contributed by atoms with Crippen LogP contribution in [-0.4, -0.2) is 22.2 Å². The maximum atomic E-state index is 12.2. The van der Waals surface area contributed by atoms with Crippen molar-refractivity contribution in [1.29, 1.82) is 0 Å². The van der Waals surface area contributed by atoms with Crippen molar-refractivity contribution < 1.29 is 9.53 Å². The summed E-state index contributed by atoms with van der Waals surface area (Å²) in [5.41, 5.74) is 2.66. The highest BCUT2D eigenvalue weighted by Gasteiger charge is 2.06. The van der Waals surface area contributed by atoms with Gasteiger partial charge in [0.05, 0.1) is 16.2 Å². The van der Waals surface area contributed by atoms with Gasteiger partial charge in [-0.3, -0.25) is 9.48 Å². The van der Waals surface area contributed by atoms with Crippen LogP contribution in [0.3, 0.4) is 0 Å². The minimum atomic E-state index is -0.104. The Morgan fingerprint density at radius 3 is 2.68 bits per heavy atom. The molecule has 3 rings (SSSR count). The van der Waals surface area contributed by atoms with Gasteiger partial charge in [-0.1, -0.05) is 41.4 Å². The molecule has 0 atom stereocenters. The standard InChI is InChI=1S/C21H21Cl2N3O2/c1-15-3-8-19(23)20(11-15)28-14-16-4-6-17(7-5-16)21(27)24-9-2-10-26-13-18(22)12-25-26/h3-8,11-13H,2,9-10,14H2,1H3,(H,24,27). The van der Waals surface area contributed by atoms with E-state index in [1.54, 1.807) is 29.2 Å². The smallest absolute Gasteiger partial charge is 0.251 e. The van der Waals surface area contributed by atoms with Gasteiger partial charge in [-0.25, -0.2) is 0 Å². The molecule has 0 saturated heterocycles. The molecule has 146 valence electrons. The number of aryl methyl sites for hydroxylation is 2. The average molecular weight is 418 g/mol. The summed E-state index contributed by atoms with van der Waals surface area (Å²) in [6.45, 7) is 3.64. The number of hydrogen-bond acceptors (Lipinski definition) is 3. The van der Waals surface area contributed by atoms with E-state index >= 15 is 0 Å². The van der Waals surface area contributed by atoms with Crippen molar-refractivity contribution in [3.63, 3.8) is 0 Å². The van der Waals surface area contributed by atoms with Gasteiger partial charge in [0.2, 0.25) is 0 Å². The Hall–Kier alpha value is -2.50. The van der Waals surface area contributed by atoms with Crippen LogP contribution in [0, 0.1) is 6.92 Å². The largest absolute Gasteiger partial charge is 0.487 e. The van der Waals surface area contributed by atoms with Crippen LogP contribution in [0.1, 0.15) is 27.9 Å². The van der Waals surface area contributed by atoms with Crippen LogP contribution in [0.4, 0.5) is 0 Å². The van der Waals surface area contributed by atoms with E-state index in [0.29, 0.717) is 41.1 Å². The Labute approximate surface area is 174 Å². The molecule has 0 bridgehead atoms. The molecule has 1 aromatic heterocycles. The van der Waals surface area contributed by atoms with Gasteiger partial charge in [-0.2, -0.15) is 5.10 Å². The van der Waals surface area contributed by atoms with Gasteiger partial charge in [0.1, 0.15) is 12.4 Å². The number of aromatic nitrogens is 2. The van der Waals surface area contributed by atoms with Gasteiger partial charge in [-0.15, -0.1) is 0 Å². The summed E-state index contributed by atoms with van der Waals surface area (Å²) in [5, 5.41) is 8.20. The highest BCUT2D eigenvalue weighted by atomic mass is 35.5. The van der Waals surface area contributed by atoms with Crippen LogP contribution in [0.15, 0.2) is 54.9 Å². The average Bonchev–Trinajstić information content (AvgIpc) is 3.11. The maximum Gasteiger partial charge on any atom is 0.251 e. The first-order valence-corrected chi connectivity index (χ1v) is 9.71. The zero-order valence-corrected chi connectivity index (χ0v) is 17.0. The Bertz CT molecular complexity index is 939. The third-order valence-electron chi connectivity index (χ3n) is 4.15. The van der Waals surface area contributed by atoms with Crippen molar-refractivity contribution in [2.75, 3.05) is 6.54 Å². The van der Waals surface area contributed by atoms with Crippen LogP contribution in [0.25, 0.3) is 0 Å². The first kappa shape index (κ1) is 20.2. The van der Waals surface area contributed by atoms with E-state index < -0.39 is 0 Å². The minimum absolute atomic E-state index is 0.104. The van der Waals surface area contributed by atoms with Gasteiger partial charge in [0.25, 0.3) is 5.91 Å². The molecule has 5 nitrogen and oxygen atoms in total.